The number of hydrogen-bond donors (Lipinski definition) is 1. The van der Waals surface area contributed by atoms with Crippen molar-refractivity contribution in [3.8, 4) is 0 Å². The van der Waals surface area contributed by atoms with Gasteiger partial charge in [-0.25, -0.2) is 0 Å². The van der Waals surface area contributed by atoms with E-state index in [2.05, 4.69) is 5.32 Å². The summed E-state index contributed by atoms with van der Waals surface area (Å²) < 4.78 is 0. The minimum absolute atomic E-state index is 0.0107. The number of benzene rings is 1. The molecule has 0 radical (unpaired) electrons. The number of rotatable bonds is 4. The zero-order valence-corrected chi connectivity index (χ0v) is 11.4. The second kappa shape index (κ2) is 6.02. The van der Waals surface area contributed by atoms with Gasteiger partial charge in [0.1, 0.15) is 5.02 Å². The van der Waals surface area contributed by atoms with Crippen molar-refractivity contribution in [2.75, 3.05) is 6.54 Å². The van der Waals surface area contributed by atoms with Crippen LogP contribution in [0, 0.1) is 16.0 Å². The molecule has 1 N–H and O–H groups in total. The lowest BCUT2D eigenvalue weighted by molar-refractivity contribution is -0.384. The van der Waals surface area contributed by atoms with Crippen LogP contribution in [0.25, 0.3) is 0 Å². The van der Waals surface area contributed by atoms with E-state index >= 15 is 0 Å². The molecule has 7 heteroatoms. The normalized spacial score (nSPS) is 10.5. The molecule has 0 bridgehead atoms. The van der Waals surface area contributed by atoms with Crippen LogP contribution < -0.4 is 5.32 Å². The molecule has 0 aliphatic carbocycles. The Kier molecular flexibility index (Phi) is 4.93. The maximum atomic E-state index is 11.8. The molecular formula is C11H12Cl2N2O3. The number of halogens is 2. The number of carbonyl (C=O) groups excluding carboxylic acids is 1. The van der Waals surface area contributed by atoms with Crippen LogP contribution in [0.4, 0.5) is 5.69 Å². The Bertz CT molecular complexity index is 489. The van der Waals surface area contributed by atoms with Crippen molar-refractivity contribution in [3.05, 3.63) is 37.9 Å². The number of nitrogens with zero attached hydrogens (tertiary/aromatic N) is 1. The highest BCUT2D eigenvalue weighted by Crippen LogP contribution is 2.31. The molecular weight excluding hydrogens is 279 g/mol. The second-order valence-electron chi connectivity index (χ2n) is 4.15. The minimum Gasteiger partial charge on any atom is -0.352 e. The molecule has 1 aromatic carbocycles. The first kappa shape index (κ1) is 14.7. The molecule has 98 valence electrons. The second-order valence-corrected chi connectivity index (χ2v) is 4.96. The fraction of sp³-hybridized carbons (Fsp3) is 0.364. The highest BCUT2D eigenvalue weighted by atomic mass is 35.5. The molecule has 1 aromatic rings. The highest BCUT2D eigenvalue weighted by molar-refractivity contribution is 6.37. The van der Waals surface area contributed by atoms with Gasteiger partial charge in [-0.05, 0) is 12.0 Å². The Balaban J connectivity index is 3.09. The van der Waals surface area contributed by atoms with E-state index in [-0.39, 0.29) is 27.2 Å². The van der Waals surface area contributed by atoms with Gasteiger partial charge in [0, 0.05) is 17.6 Å². The van der Waals surface area contributed by atoms with E-state index in [4.69, 9.17) is 23.2 Å². The summed E-state index contributed by atoms with van der Waals surface area (Å²) in [6, 6.07) is 2.43. The van der Waals surface area contributed by atoms with Gasteiger partial charge in [-0.15, -0.1) is 0 Å². The van der Waals surface area contributed by atoms with Gasteiger partial charge >= 0.3 is 0 Å². The summed E-state index contributed by atoms with van der Waals surface area (Å²) in [5, 5.41) is 13.3. The van der Waals surface area contributed by atoms with Gasteiger partial charge in [0.05, 0.1) is 10.5 Å². The van der Waals surface area contributed by atoms with Crippen LogP contribution in [0.5, 0.6) is 0 Å². The van der Waals surface area contributed by atoms with E-state index in [0.29, 0.717) is 6.54 Å². The number of nitro groups is 1. The van der Waals surface area contributed by atoms with Crippen molar-refractivity contribution in [1.29, 1.82) is 0 Å². The Hall–Kier alpha value is -1.33. The molecule has 0 fully saturated rings. The third-order valence-electron chi connectivity index (χ3n) is 2.13. The molecule has 0 atom stereocenters. The molecule has 1 amide bonds. The van der Waals surface area contributed by atoms with Crippen molar-refractivity contribution in [2.45, 2.75) is 13.8 Å². The first-order valence-electron chi connectivity index (χ1n) is 5.24. The lowest BCUT2D eigenvalue weighted by Crippen LogP contribution is -2.27. The van der Waals surface area contributed by atoms with Crippen molar-refractivity contribution < 1.29 is 9.72 Å². The Labute approximate surface area is 114 Å². The number of nitrogens with one attached hydrogen (secondary N) is 1. The molecule has 0 unspecified atom stereocenters. The molecule has 0 aromatic heterocycles. The Morgan fingerprint density at radius 2 is 2.06 bits per heavy atom. The zero-order valence-electron chi connectivity index (χ0n) is 9.87. The first-order valence-corrected chi connectivity index (χ1v) is 6.00. The molecule has 1 rings (SSSR count). The average Bonchev–Trinajstić information content (AvgIpc) is 2.28. The van der Waals surface area contributed by atoms with Crippen molar-refractivity contribution in [1.82, 2.24) is 5.32 Å². The predicted molar refractivity (Wildman–Crippen MR) is 70.3 cm³/mol. The molecule has 5 nitrogen and oxygen atoms in total. The van der Waals surface area contributed by atoms with Gasteiger partial charge in [0.25, 0.3) is 11.6 Å². The van der Waals surface area contributed by atoms with Crippen LogP contribution in [0.1, 0.15) is 24.2 Å². The van der Waals surface area contributed by atoms with Crippen LogP contribution in [-0.2, 0) is 0 Å². The fourth-order valence-corrected chi connectivity index (χ4v) is 1.74. The molecule has 0 aliphatic heterocycles. The molecule has 0 saturated carbocycles. The van der Waals surface area contributed by atoms with E-state index in [1.807, 2.05) is 13.8 Å². The van der Waals surface area contributed by atoms with Gasteiger partial charge in [0.2, 0.25) is 0 Å². The largest absolute Gasteiger partial charge is 0.352 e. The quantitative estimate of drug-likeness (QED) is 0.683. The zero-order chi connectivity index (χ0) is 13.9. The number of amides is 1. The summed E-state index contributed by atoms with van der Waals surface area (Å²) in [5.74, 6) is -0.207. The Morgan fingerprint density at radius 3 is 2.56 bits per heavy atom. The molecule has 0 aliphatic rings. The van der Waals surface area contributed by atoms with Gasteiger partial charge in [-0.3, -0.25) is 14.9 Å². The van der Waals surface area contributed by atoms with E-state index in [9.17, 15) is 14.9 Å². The lowest BCUT2D eigenvalue weighted by atomic mass is 10.1. The summed E-state index contributed by atoms with van der Waals surface area (Å²) in [7, 11) is 0. The first-order chi connectivity index (χ1) is 8.32. The van der Waals surface area contributed by atoms with Crippen molar-refractivity contribution in [3.63, 3.8) is 0 Å². The molecule has 0 spiro atoms. The van der Waals surface area contributed by atoms with E-state index in [1.54, 1.807) is 0 Å². The standard InChI is InChI=1S/C11H12Cl2N2O3/c1-6(2)5-14-11(16)8-3-7(12)4-9(10(8)13)15(17)18/h3-4,6H,5H2,1-2H3,(H,14,16). The van der Waals surface area contributed by atoms with Crippen LogP contribution in [0.3, 0.4) is 0 Å². The predicted octanol–water partition coefficient (Wildman–Crippen LogP) is 3.29. The maximum Gasteiger partial charge on any atom is 0.290 e. The lowest BCUT2D eigenvalue weighted by Gasteiger charge is -2.09. The van der Waals surface area contributed by atoms with Gasteiger partial charge in [-0.2, -0.15) is 0 Å². The van der Waals surface area contributed by atoms with Crippen LogP contribution in [-0.4, -0.2) is 17.4 Å². The van der Waals surface area contributed by atoms with Crippen LogP contribution in [0.15, 0.2) is 12.1 Å². The summed E-state index contributed by atoms with van der Waals surface area (Å²) in [6.45, 7) is 4.32. The van der Waals surface area contributed by atoms with Crippen molar-refractivity contribution >= 4 is 34.8 Å². The van der Waals surface area contributed by atoms with E-state index < -0.39 is 10.8 Å². The van der Waals surface area contributed by atoms with Crippen LogP contribution >= 0.6 is 23.2 Å². The molecule has 0 saturated heterocycles. The highest BCUT2D eigenvalue weighted by Gasteiger charge is 2.21. The average molecular weight is 291 g/mol. The monoisotopic (exact) mass is 290 g/mol. The third-order valence-corrected chi connectivity index (χ3v) is 2.75. The van der Waals surface area contributed by atoms with Gasteiger partial charge in [-0.1, -0.05) is 37.0 Å². The number of carbonyl (C=O) groups is 1. The van der Waals surface area contributed by atoms with E-state index in [0.717, 1.165) is 6.07 Å². The molecule has 18 heavy (non-hydrogen) atoms. The fourth-order valence-electron chi connectivity index (χ4n) is 1.26. The SMILES string of the molecule is CC(C)CNC(=O)c1cc(Cl)cc([N+](=O)[O-])c1Cl. The van der Waals surface area contributed by atoms with Crippen LogP contribution in [0.2, 0.25) is 10.0 Å². The summed E-state index contributed by atoms with van der Waals surface area (Å²) >= 11 is 11.6. The number of hydrogen-bond acceptors (Lipinski definition) is 3. The van der Waals surface area contributed by atoms with Gasteiger partial charge in [0.15, 0.2) is 0 Å². The minimum atomic E-state index is -0.673. The summed E-state index contributed by atoms with van der Waals surface area (Å²) in [5.41, 5.74) is -0.365. The Morgan fingerprint density at radius 1 is 1.44 bits per heavy atom. The smallest absolute Gasteiger partial charge is 0.290 e. The molecule has 0 heterocycles. The van der Waals surface area contributed by atoms with Crippen molar-refractivity contribution in [2.24, 2.45) is 5.92 Å². The van der Waals surface area contributed by atoms with Gasteiger partial charge < -0.3 is 5.32 Å². The summed E-state index contributed by atoms with van der Waals surface area (Å²) in [6.07, 6.45) is 0. The number of nitro benzene ring substituents is 1. The van der Waals surface area contributed by atoms with E-state index in [1.165, 1.54) is 6.07 Å². The third kappa shape index (κ3) is 3.58. The summed E-state index contributed by atoms with van der Waals surface area (Å²) in [4.78, 5) is 21.9. The topological polar surface area (TPSA) is 72.2 Å². The maximum absolute atomic E-state index is 11.8.